The fraction of sp³-hybridized carbons (Fsp3) is 0.200. The second kappa shape index (κ2) is 7.12. The molecule has 3 heterocycles. The molecular formula is C20H18N4O3S. The van der Waals surface area contributed by atoms with E-state index in [1.807, 2.05) is 36.4 Å². The summed E-state index contributed by atoms with van der Waals surface area (Å²) in [4.78, 5) is 34.7. The van der Waals surface area contributed by atoms with Gasteiger partial charge in [-0.25, -0.2) is 4.79 Å². The Labute approximate surface area is 165 Å². The van der Waals surface area contributed by atoms with Crippen molar-refractivity contribution >= 4 is 23.2 Å². The van der Waals surface area contributed by atoms with E-state index in [2.05, 4.69) is 4.98 Å². The van der Waals surface area contributed by atoms with Gasteiger partial charge in [-0.15, -0.1) is 11.8 Å². The van der Waals surface area contributed by atoms with Crippen LogP contribution in [0.15, 0.2) is 68.3 Å². The molecule has 0 bridgehead atoms. The standard InChI is InChI=1S/C20H18N4O3S/c1-23-18(25)17(19(26)24(2)20(23)27)14-11-16(12-7-9-21-10-8-12)28-15-6-4-3-5-13(15)22-14/h3-10,16,25H,11H2,1-2H3/t16-/m0/s1. The molecule has 2 aromatic heterocycles. The second-order valence-electron chi connectivity index (χ2n) is 6.52. The average molecular weight is 394 g/mol. The first-order valence-corrected chi connectivity index (χ1v) is 9.58. The number of thioether (sulfide) groups is 1. The number of rotatable bonds is 2. The van der Waals surface area contributed by atoms with Crippen molar-refractivity contribution in [3.05, 3.63) is 80.8 Å². The monoisotopic (exact) mass is 394 g/mol. The summed E-state index contributed by atoms with van der Waals surface area (Å²) < 4.78 is 2.05. The molecule has 8 heteroatoms. The molecule has 0 saturated heterocycles. The number of benzene rings is 1. The molecule has 0 fully saturated rings. The average Bonchev–Trinajstić information content (AvgIpc) is 2.91. The van der Waals surface area contributed by atoms with Gasteiger partial charge in [-0.05, 0) is 29.8 Å². The van der Waals surface area contributed by atoms with Gasteiger partial charge in [0, 0.05) is 43.1 Å². The zero-order chi connectivity index (χ0) is 19.8. The van der Waals surface area contributed by atoms with E-state index in [1.54, 1.807) is 24.2 Å². The van der Waals surface area contributed by atoms with Gasteiger partial charge < -0.3 is 5.11 Å². The van der Waals surface area contributed by atoms with Gasteiger partial charge in [-0.2, -0.15) is 0 Å². The third kappa shape index (κ3) is 3.05. The van der Waals surface area contributed by atoms with Crippen LogP contribution in [0.25, 0.3) is 0 Å². The van der Waals surface area contributed by atoms with Crippen molar-refractivity contribution in [3.63, 3.8) is 0 Å². The van der Waals surface area contributed by atoms with E-state index in [-0.39, 0.29) is 16.7 Å². The van der Waals surface area contributed by atoms with Crippen LogP contribution in [0.1, 0.15) is 22.8 Å². The number of pyridine rings is 1. The minimum atomic E-state index is -0.582. The number of para-hydroxylation sites is 1. The zero-order valence-corrected chi connectivity index (χ0v) is 16.2. The number of fused-ring (bicyclic) bond motifs is 1. The molecule has 1 aromatic carbocycles. The molecule has 1 atom stereocenters. The van der Waals surface area contributed by atoms with Gasteiger partial charge in [0.1, 0.15) is 5.56 Å². The third-order valence-corrected chi connectivity index (χ3v) is 6.09. The Kier molecular flexibility index (Phi) is 4.64. The molecule has 142 valence electrons. The summed E-state index contributed by atoms with van der Waals surface area (Å²) >= 11 is 1.65. The minimum absolute atomic E-state index is 0.0215. The second-order valence-corrected chi connectivity index (χ2v) is 7.77. The predicted octanol–water partition coefficient (Wildman–Crippen LogP) is 2.54. The van der Waals surface area contributed by atoms with Crippen LogP contribution in [0, 0.1) is 0 Å². The molecule has 3 aromatic rings. The van der Waals surface area contributed by atoms with E-state index in [0.29, 0.717) is 12.1 Å². The van der Waals surface area contributed by atoms with Crippen LogP contribution in [0.2, 0.25) is 0 Å². The molecule has 0 radical (unpaired) electrons. The number of aromatic hydroxyl groups is 1. The summed E-state index contributed by atoms with van der Waals surface area (Å²) in [5.74, 6) is -0.371. The molecule has 1 aliphatic rings. The molecular weight excluding hydrogens is 376 g/mol. The molecule has 0 aliphatic carbocycles. The summed E-state index contributed by atoms with van der Waals surface area (Å²) in [6, 6.07) is 11.6. The number of aromatic nitrogens is 3. The fourth-order valence-corrected chi connectivity index (χ4v) is 4.45. The Balaban J connectivity index is 1.95. The lowest BCUT2D eigenvalue weighted by molar-refractivity contribution is 0.410. The van der Waals surface area contributed by atoms with E-state index < -0.39 is 11.2 Å². The van der Waals surface area contributed by atoms with Gasteiger partial charge in [0.05, 0.1) is 11.4 Å². The quantitative estimate of drug-likeness (QED) is 0.721. The van der Waals surface area contributed by atoms with Crippen LogP contribution in [0.3, 0.4) is 0 Å². The van der Waals surface area contributed by atoms with Crippen LogP contribution < -0.4 is 11.2 Å². The molecule has 4 rings (SSSR count). The van der Waals surface area contributed by atoms with Crippen molar-refractivity contribution in [2.75, 3.05) is 0 Å². The van der Waals surface area contributed by atoms with Crippen molar-refractivity contribution in [2.24, 2.45) is 19.1 Å². The van der Waals surface area contributed by atoms with E-state index in [4.69, 9.17) is 4.99 Å². The van der Waals surface area contributed by atoms with E-state index in [0.717, 1.165) is 25.3 Å². The smallest absolute Gasteiger partial charge is 0.333 e. The Bertz CT molecular complexity index is 1200. The van der Waals surface area contributed by atoms with E-state index in [1.165, 1.54) is 14.1 Å². The number of nitrogens with zero attached hydrogens (tertiary/aromatic N) is 4. The first-order chi connectivity index (χ1) is 13.5. The first kappa shape index (κ1) is 18.2. The summed E-state index contributed by atoms with van der Waals surface area (Å²) in [5.41, 5.74) is 1.15. The molecule has 1 N–H and O–H groups in total. The SMILES string of the molecule is Cn1c(O)c(C2=Nc3ccccc3S[C@H](c3ccncc3)C2)c(=O)n(C)c1=O. The highest BCUT2D eigenvalue weighted by Crippen LogP contribution is 2.45. The molecule has 0 unspecified atom stereocenters. The van der Waals surface area contributed by atoms with Gasteiger partial charge in [-0.1, -0.05) is 12.1 Å². The number of hydrogen-bond acceptors (Lipinski definition) is 6. The lowest BCUT2D eigenvalue weighted by atomic mass is 10.0. The van der Waals surface area contributed by atoms with Crippen molar-refractivity contribution in [2.45, 2.75) is 16.6 Å². The van der Waals surface area contributed by atoms with Crippen molar-refractivity contribution in [1.82, 2.24) is 14.1 Å². The minimum Gasteiger partial charge on any atom is -0.494 e. The zero-order valence-electron chi connectivity index (χ0n) is 15.4. The fourth-order valence-electron chi connectivity index (χ4n) is 3.22. The Hall–Kier alpha value is -3.13. The molecule has 0 saturated carbocycles. The van der Waals surface area contributed by atoms with Gasteiger partial charge in [0.25, 0.3) is 5.56 Å². The van der Waals surface area contributed by atoms with Crippen molar-refractivity contribution < 1.29 is 5.11 Å². The normalized spacial score (nSPS) is 16.2. The lowest BCUT2D eigenvalue weighted by Gasteiger charge is -2.17. The highest BCUT2D eigenvalue weighted by atomic mass is 32.2. The molecule has 28 heavy (non-hydrogen) atoms. The molecule has 0 spiro atoms. The van der Waals surface area contributed by atoms with Gasteiger partial charge in [0.15, 0.2) is 0 Å². The van der Waals surface area contributed by atoms with Crippen LogP contribution in [-0.4, -0.2) is 24.9 Å². The highest BCUT2D eigenvalue weighted by Gasteiger charge is 2.27. The van der Waals surface area contributed by atoms with Gasteiger partial charge in [0.2, 0.25) is 5.88 Å². The topological polar surface area (TPSA) is 89.5 Å². The van der Waals surface area contributed by atoms with Crippen LogP contribution in [0.4, 0.5) is 5.69 Å². The lowest BCUT2D eigenvalue weighted by Crippen LogP contribution is -2.40. The van der Waals surface area contributed by atoms with Crippen LogP contribution in [-0.2, 0) is 14.1 Å². The van der Waals surface area contributed by atoms with Crippen LogP contribution in [0.5, 0.6) is 5.88 Å². The molecule has 7 nitrogen and oxygen atoms in total. The third-order valence-electron chi connectivity index (χ3n) is 4.77. The maximum absolute atomic E-state index is 12.8. The van der Waals surface area contributed by atoms with E-state index in [9.17, 15) is 14.7 Å². The highest BCUT2D eigenvalue weighted by molar-refractivity contribution is 7.99. The van der Waals surface area contributed by atoms with Gasteiger partial charge >= 0.3 is 5.69 Å². The first-order valence-electron chi connectivity index (χ1n) is 8.70. The maximum Gasteiger partial charge on any atom is 0.333 e. The predicted molar refractivity (Wildman–Crippen MR) is 109 cm³/mol. The number of aliphatic imine (C=N–C) groups is 1. The number of hydrogen-bond donors (Lipinski definition) is 1. The van der Waals surface area contributed by atoms with E-state index >= 15 is 0 Å². The molecule has 0 amide bonds. The largest absolute Gasteiger partial charge is 0.494 e. The summed E-state index contributed by atoms with van der Waals surface area (Å²) in [7, 11) is 2.83. The Morgan fingerprint density at radius 2 is 1.79 bits per heavy atom. The van der Waals surface area contributed by atoms with Gasteiger partial charge in [-0.3, -0.25) is 23.9 Å². The van der Waals surface area contributed by atoms with Crippen molar-refractivity contribution in [3.8, 4) is 5.88 Å². The maximum atomic E-state index is 12.8. The summed E-state index contributed by atoms with van der Waals surface area (Å²) in [6.07, 6.45) is 3.88. The van der Waals surface area contributed by atoms with Crippen LogP contribution >= 0.6 is 11.8 Å². The summed E-state index contributed by atoms with van der Waals surface area (Å²) in [6.45, 7) is 0. The molecule has 1 aliphatic heterocycles. The Morgan fingerprint density at radius 1 is 1.07 bits per heavy atom. The summed E-state index contributed by atoms with van der Waals surface area (Å²) in [5, 5.41) is 10.6. The van der Waals surface area contributed by atoms with Crippen molar-refractivity contribution in [1.29, 1.82) is 0 Å². The Morgan fingerprint density at radius 3 is 2.54 bits per heavy atom.